The minimum Gasteiger partial charge on any atom is -0.404 e. The summed E-state index contributed by atoms with van der Waals surface area (Å²) in [5, 5.41) is 6.08. The molecule has 148 valence electrons. The summed E-state index contributed by atoms with van der Waals surface area (Å²) in [6.07, 6.45) is -2.47. The maximum Gasteiger partial charge on any atom is 0.573 e. The molecule has 3 aromatic rings. The van der Waals surface area contributed by atoms with E-state index in [-0.39, 0.29) is 18.3 Å². The molecule has 1 aliphatic rings. The first-order valence-electron chi connectivity index (χ1n) is 8.71. The Bertz CT molecular complexity index is 974. The molecule has 0 aromatic carbocycles. The van der Waals surface area contributed by atoms with Gasteiger partial charge in [-0.1, -0.05) is 6.07 Å². The zero-order valence-corrected chi connectivity index (χ0v) is 14.6. The minimum absolute atomic E-state index is 0.284. The number of hydrogen-bond donors (Lipinski definition) is 2. The van der Waals surface area contributed by atoms with Gasteiger partial charge in [0.15, 0.2) is 0 Å². The molecule has 4 heterocycles. The zero-order valence-electron chi connectivity index (χ0n) is 14.6. The summed E-state index contributed by atoms with van der Waals surface area (Å²) in [6.45, 7) is 1.000. The molecule has 0 saturated carbocycles. The van der Waals surface area contributed by atoms with Crippen LogP contribution < -0.4 is 15.4 Å². The Morgan fingerprint density at radius 3 is 2.86 bits per heavy atom. The van der Waals surface area contributed by atoms with Gasteiger partial charge in [-0.25, -0.2) is 14.4 Å². The van der Waals surface area contributed by atoms with Crippen molar-refractivity contribution in [2.45, 2.75) is 25.0 Å². The molecule has 0 amide bonds. The summed E-state index contributed by atoms with van der Waals surface area (Å²) >= 11 is 0. The number of ether oxygens (including phenoxy) is 1. The van der Waals surface area contributed by atoms with Crippen LogP contribution in [-0.4, -0.2) is 46.0 Å². The van der Waals surface area contributed by atoms with Gasteiger partial charge in [0.1, 0.15) is 23.4 Å². The van der Waals surface area contributed by atoms with Crippen LogP contribution in [0.4, 0.5) is 23.4 Å². The number of imidazole rings is 1. The van der Waals surface area contributed by atoms with Gasteiger partial charge in [-0.05, 0) is 37.2 Å². The number of halogens is 4. The summed E-state index contributed by atoms with van der Waals surface area (Å²) in [5.74, 6) is 0.133. The highest BCUT2D eigenvalue weighted by molar-refractivity contribution is 5.62. The number of alkyl halides is 4. The lowest BCUT2D eigenvalue weighted by molar-refractivity contribution is -0.274. The fourth-order valence-electron chi connectivity index (χ4n) is 3.18. The second kappa shape index (κ2) is 7.27. The van der Waals surface area contributed by atoms with Crippen molar-refractivity contribution in [2.24, 2.45) is 0 Å². The molecular formula is C18H17F4N5O. The maximum atomic E-state index is 14.0. The molecule has 1 fully saturated rings. The van der Waals surface area contributed by atoms with Crippen LogP contribution in [0.1, 0.15) is 6.42 Å². The van der Waals surface area contributed by atoms with Crippen LogP contribution in [0.5, 0.6) is 5.75 Å². The lowest BCUT2D eigenvalue weighted by Crippen LogP contribution is -2.45. The number of nitrogens with zero attached hydrogens (tertiary/aromatic N) is 3. The molecule has 3 aromatic heterocycles. The topological polar surface area (TPSA) is 63.5 Å². The van der Waals surface area contributed by atoms with Crippen LogP contribution in [0.15, 0.2) is 42.7 Å². The standard InChI is InChI=1S/C18H17F4N5O/c19-12-8-23-7-6-13(12)25-16-3-1-2-14(26-16)15-9-24-17-5-4-11(10-27(15)17)28-18(20,21)22/h1-5,9-10,12-13,23H,6-8H2,(H,25,26)/t12-,13-/m0/s1. The van der Waals surface area contributed by atoms with Crippen molar-refractivity contribution in [1.29, 1.82) is 0 Å². The summed E-state index contributed by atoms with van der Waals surface area (Å²) in [7, 11) is 0. The molecule has 1 saturated heterocycles. The van der Waals surface area contributed by atoms with Crippen molar-refractivity contribution < 1.29 is 22.3 Å². The number of piperidine rings is 1. The van der Waals surface area contributed by atoms with Crippen molar-refractivity contribution in [3.8, 4) is 17.1 Å². The van der Waals surface area contributed by atoms with Crippen LogP contribution in [-0.2, 0) is 0 Å². The number of aromatic nitrogens is 3. The van der Waals surface area contributed by atoms with Crippen LogP contribution in [0.25, 0.3) is 17.0 Å². The zero-order chi connectivity index (χ0) is 19.7. The van der Waals surface area contributed by atoms with E-state index in [1.165, 1.54) is 28.9 Å². The third-order valence-corrected chi connectivity index (χ3v) is 4.46. The van der Waals surface area contributed by atoms with Gasteiger partial charge in [0.25, 0.3) is 0 Å². The van der Waals surface area contributed by atoms with Gasteiger partial charge in [0, 0.05) is 6.54 Å². The summed E-state index contributed by atoms with van der Waals surface area (Å²) < 4.78 is 57.0. The predicted octanol–water partition coefficient (Wildman–Crippen LogP) is 3.41. The molecule has 4 rings (SSSR count). The van der Waals surface area contributed by atoms with Crippen molar-refractivity contribution in [1.82, 2.24) is 19.7 Å². The Kier molecular flexibility index (Phi) is 4.80. The van der Waals surface area contributed by atoms with E-state index in [0.29, 0.717) is 35.8 Å². The number of fused-ring (bicyclic) bond motifs is 1. The average Bonchev–Trinajstić information content (AvgIpc) is 3.06. The second-order valence-corrected chi connectivity index (χ2v) is 6.45. The molecule has 0 bridgehead atoms. The molecule has 10 heteroatoms. The number of rotatable bonds is 4. The predicted molar refractivity (Wildman–Crippen MR) is 94.9 cm³/mol. The van der Waals surface area contributed by atoms with Crippen molar-refractivity contribution in [2.75, 3.05) is 18.4 Å². The van der Waals surface area contributed by atoms with Crippen LogP contribution >= 0.6 is 0 Å². The number of nitrogens with one attached hydrogen (secondary N) is 2. The molecule has 0 unspecified atom stereocenters. The molecule has 1 aliphatic heterocycles. The molecule has 2 N–H and O–H groups in total. The molecule has 0 radical (unpaired) electrons. The van der Waals surface area contributed by atoms with Crippen LogP contribution in [0, 0.1) is 0 Å². The van der Waals surface area contributed by atoms with Crippen molar-refractivity contribution in [3.05, 3.63) is 42.7 Å². The highest BCUT2D eigenvalue weighted by Gasteiger charge is 2.31. The molecule has 6 nitrogen and oxygen atoms in total. The van der Waals surface area contributed by atoms with E-state index in [0.717, 1.165) is 0 Å². The van der Waals surface area contributed by atoms with Crippen molar-refractivity contribution in [3.63, 3.8) is 0 Å². The summed E-state index contributed by atoms with van der Waals surface area (Å²) in [5.41, 5.74) is 1.44. The van der Waals surface area contributed by atoms with E-state index in [4.69, 9.17) is 0 Å². The minimum atomic E-state index is -4.78. The smallest absolute Gasteiger partial charge is 0.404 e. The van der Waals surface area contributed by atoms with E-state index >= 15 is 0 Å². The first-order chi connectivity index (χ1) is 13.4. The van der Waals surface area contributed by atoms with Gasteiger partial charge in [-0.3, -0.25) is 4.40 Å². The van der Waals surface area contributed by atoms with Gasteiger partial charge in [-0.15, -0.1) is 13.2 Å². The van der Waals surface area contributed by atoms with Crippen LogP contribution in [0.3, 0.4) is 0 Å². The lowest BCUT2D eigenvalue weighted by atomic mass is 10.1. The normalized spacial score (nSPS) is 20.3. The van der Waals surface area contributed by atoms with Gasteiger partial charge in [0.05, 0.1) is 29.8 Å². The molecule has 0 aliphatic carbocycles. The first-order valence-corrected chi connectivity index (χ1v) is 8.71. The van der Waals surface area contributed by atoms with Gasteiger partial charge >= 0.3 is 6.36 Å². The molecule has 2 atom stereocenters. The van der Waals surface area contributed by atoms with Crippen LogP contribution in [0.2, 0.25) is 0 Å². The third kappa shape index (κ3) is 4.01. The lowest BCUT2D eigenvalue weighted by Gasteiger charge is -2.27. The molecular weight excluding hydrogens is 378 g/mol. The molecule has 28 heavy (non-hydrogen) atoms. The maximum absolute atomic E-state index is 14.0. The van der Waals surface area contributed by atoms with E-state index in [1.54, 1.807) is 18.2 Å². The monoisotopic (exact) mass is 395 g/mol. The Morgan fingerprint density at radius 2 is 2.07 bits per heavy atom. The SMILES string of the molecule is F[C@H]1CNCC[C@@H]1Nc1cccc(-c2cnc3ccc(OC(F)(F)F)cn23)n1. The Hall–Kier alpha value is -2.88. The quantitative estimate of drug-likeness (QED) is 0.663. The first kappa shape index (κ1) is 18.5. The second-order valence-electron chi connectivity index (χ2n) is 6.45. The number of anilines is 1. The van der Waals surface area contributed by atoms with E-state index < -0.39 is 12.5 Å². The fourth-order valence-corrected chi connectivity index (χ4v) is 3.18. The Labute approximate surface area is 157 Å². The Morgan fingerprint density at radius 1 is 1.21 bits per heavy atom. The highest BCUT2D eigenvalue weighted by Crippen LogP contribution is 2.26. The number of pyridine rings is 2. The largest absolute Gasteiger partial charge is 0.573 e. The highest BCUT2D eigenvalue weighted by atomic mass is 19.4. The van der Waals surface area contributed by atoms with Crippen molar-refractivity contribution >= 4 is 11.5 Å². The fraction of sp³-hybridized carbons (Fsp3) is 0.333. The summed E-state index contributed by atoms with van der Waals surface area (Å²) in [4.78, 5) is 8.66. The Balaban J connectivity index is 1.63. The summed E-state index contributed by atoms with van der Waals surface area (Å²) in [6, 6.07) is 7.45. The van der Waals surface area contributed by atoms with Gasteiger partial charge < -0.3 is 15.4 Å². The van der Waals surface area contributed by atoms with E-state index in [2.05, 4.69) is 25.3 Å². The van der Waals surface area contributed by atoms with Gasteiger partial charge in [-0.2, -0.15) is 0 Å². The van der Waals surface area contributed by atoms with E-state index in [1.807, 2.05) is 0 Å². The molecule has 0 spiro atoms. The van der Waals surface area contributed by atoms with Gasteiger partial charge in [0.2, 0.25) is 0 Å². The van der Waals surface area contributed by atoms with E-state index in [9.17, 15) is 17.6 Å². The average molecular weight is 395 g/mol. The third-order valence-electron chi connectivity index (χ3n) is 4.46. The number of hydrogen-bond acceptors (Lipinski definition) is 5.